The molecule has 0 aromatic carbocycles. The van der Waals surface area contributed by atoms with Crippen molar-refractivity contribution < 1.29 is 0 Å². The number of aromatic nitrogens is 2. The van der Waals surface area contributed by atoms with Gasteiger partial charge in [0.25, 0.3) is 0 Å². The average molecular weight is 250 g/mol. The number of hydrogen-bond acceptors (Lipinski definition) is 6. The van der Waals surface area contributed by atoms with Crippen LogP contribution in [0.25, 0.3) is 0 Å². The molecule has 1 fully saturated rings. The fourth-order valence-electron chi connectivity index (χ4n) is 2.53. The van der Waals surface area contributed by atoms with E-state index in [-0.39, 0.29) is 0 Å². The largest absolute Gasteiger partial charge is 0.368 e. The molecule has 1 aromatic rings. The van der Waals surface area contributed by atoms with Crippen LogP contribution in [0.2, 0.25) is 0 Å². The first-order valence-electron chi connectivity index (χ1n) is 6.52. The third kappa shape index (κ3) is 2.70. The van der Waals surface area contributed by atoms with Crippen molar-refractivity contribution in [1.82, 2.24) is 14.9 Å². The highest BCUT2D eigenvalue weighted by Crippen LogP contribution is 2.20. The highest BCUT2D eigenvalue weighted by atomic mass is 15.3. The Morgan fingerprint density at radius 1 is 1.44 bits per heavy atom. The maximum atomic E-state index is 5.41. The Morgan fingerprint density at radius 2 is 2.22 bits per heavy atom. The van der Waals surface area contributed by atoms with E-state index in [2.05, 4.69) is 32.5 Å². The molecule has 1 atom stereocenters. The molecule has 0 radical (unpaired) electrons. The van der Waals surface area contributed by atoms with Gasteiger partial charge in [0.2, 0.25) is 0 Å². The number of likely N-dealkylation sites (N-methyl/N-ethyl adjacent to an activating group) is 1. The molecule has 0 aliphatic carbocycles. The number of hydrogen-bond donors (Lipinski definition) is 3. The van der Waals surface area contributed by atoms with Crippen molar-refractivity contribution >= 4 is 11.6 Å². The van der Waals surface area contributed by atoms with Crippen molar-refractivity contribution in [2.45, 2.75) is 32.7 Å². The van der Waals surface area contributed by atoms with Gasteiger partial charge in [0.05, 0.1) is 0 Å². The van der Waals surface area contributed by atoms with Gasteiger partial charge in [0, 0.05) is 18.2 Å². The normalized spacial score (nSPS) is 20.1. The Morgan fingerprint density at radius 3 is 2.94 bits per heavy atom. The Kier molecular flexibility index (Phi) is 4.33. The molecular weight excluding hydrogens is 228 g/mol. The molecule has 1 unspecified atom stereocenters. The molecule has 0 spiro atoms. The molecule has 1 aliphatic heterocycles. The van der Waals surface area contributed by atoms with Crippen LogP contribution < -0.4 is 16.6 Å². The molecule has 18 heavy (non-hydrogen) atoms. The van der Waals surface area contributed by atoms with Crippen molar-refractivity contribution in [2.24, 2.45) is 5.84 Å². The summed E-state index contributed by atoms with van der Waals surface area (Å²) in [4.78, 5) is 10.8. The van der Waals surface area contributed by atoms with E-state index in [0.29, 0.717) is 11.9 Å². The number of likely N-dealkylation sites (tertiary alicyclic amines) is 1. The molecule has 0 saturated carbocycles. The second-order valence-electron chi connectivity index (χ2n) is 4.65. The molecule has 6 nitrogen and oxygen atoms in total. The number of nitrogens with one attached hydrogen (secondary N) is 2. The fraction of sp³-hybridized carbons (Fsp3) is 0.667. The summed E-state index contributed by atoms with van der Waals surface area (Å²) in [7, 11) is 0. The minimum Gasteiger partial charge on any atom is -0.368 e. The number of anilines is 2. The van der Waals surface area contributed by atoms with Crippen molar-refractivity contribution in [3.63, 3.8) is 0 Å². The number of nitrogens with two attached hydrogens (primary N) is 1. The smallest absolute Gasteiger partial charge is 0.148 e. The lowest BCUT2D eigenvalue weighted by Crippen LogP contribution is -2.34. The van der Waals surface area contributed by atoms with E-state index in [4.69, 9.17) is 5.84 Å². The highest BCUT2D eigenvalue weighted by molar-refractivity contribution is 5.55. The van der Waals surface area contributed by atoms with Gasteiger partial charge in [-0.2, -0.15) is 0 Å². The van der Waals surface area contributed by atoms with E-state index in [1.807, 2.05) is 6.92 Å². The number of hydrazine groups is 1. The number of rotatable bonds is 5. The first kappa shape index (κ1) is 13.0. The van der Waals surface area contributed by atoms with E-state index in [0.717, 1.165) is 24.5 Å². The van der Waals surface area contributed by atoms with Crippen LogP contribution in [0.4, 0.5) is 11.6 Å². The van der Waals surface area contributed by atoms with Crippen LogP contribution in [-0.2, 0) is 0 Å². The van der Waals surface area contributed by atoms with Gasteiger partial charge in [0.1, 0.15) is 18.0 Å². The molecule has 1 aromatic heterocycles. The van der Waals surface area contributed by atoms with E-state index < -0.39 is 0 Å². The third-order valence-electron chi connectivity index (χ3n) is 3.63. The Balaban J connectivity index is 1.98. The minimum absolute atomic E-state index is 0.610. The first-order chi connectivity index (χ1) is 8.76. The Bertz CT molecular complexity index is 394. The van der Waals surface area contributed by atoms with Crippen LogP contribution in [0.5, 0.6) is 0 Å². The van der Waals surface area contributed by atoms with Crippen LogP contribution in [0.3, 0.4) is 0 Å². The van der Waals surface area contributed by atoms with Gasteiger partial charge in [-0.15, -0.1) is 0 Å². The number of nitrogen functional groups attached to an aromatic ring is 1. The van der Waals surface area contributed by atoms with E-state index >= 15 is 0 Å². The fourth-order valence-corrected chi connectivity index (χ4v) is 2.53. The molecule has 1 saturated heterocycles. The first-order valence-corrected chi connectivity index (χ1v) is 6.52. The summed E-state index contributed by atoms with van der Waals surface area (Å²) < 4.78 is 0. The van der Waals surface area contributed by atoms with Crippen molar-refractivity contribution in [1.29, 1.82) is 0 Å². The molecule has 0 bridgehead atoms. The predicted molar refractivity (Wildman–Crippen MR) is 73.3 cm³/mol. The van der Waals surface area contributed by atoms with Gasteiger partial charge in [0.15, 0.2) is 0 Å². The summed E-state index contributed by atoms with van der Waals surface area (Å²) in [6.45, 7) is 7.43. The standard InChI is InChI=1S/C12H22N6/c1-3-18-6-4-5-10(18)7-14-11-9(2)12(17-13)16-8-15-11/h8,10H,3-7,13H2,1-2H3,(H2,14,15,16,17). The zero-order chi connectivity index (χ0) is 13.0. The lowest BCUT2D eigenvalue weighted by atomic mass is 10.2. The van der Waals surface area contributed by atoms with Crippen LogP contribution in [0.1, 0.15) is 25.3 Å². The third-order valence-corrected chi connectivity index (χ3v) is 3.63. The second kappa shape index (κ2) is 5.97. The summed E-state index contributed by atoms with van der Waals surface area (Å²) in [6, 6.07) is 0.610. The van der Waals surface area contributed by atoms with Gasteiger partial charge in [-0.25, -0.2) is 15.8 Å². The van der Waals surface area contributed by atoms with Crippen LogP contribution in [0.15, 0.2) is 6.33 Å². The molecule has 2 heterocycles. The van der Waals surface area contributed by atoms with E-state index in [1.54, 1.807) is 0 Å². The highest BCUT2D eigenvalue weighted by Gasteiger charge is 2.22. The topological polar surface area (TPSA) is 79.1 Å². The summed E-state index contributed by atoms with van der Waals surface area (Å²) >= 11 is 0. The van der Waals surface area contributed by atoms with Gasteiger partial charge in [-0.05, 0) is 32.9 Å². The Labute approximate surface area is 108 Å². The number of nitrogens with zero attached hydrogens (tertiary/aromatic N) is 3. The van der Waals surface area contributed by atoms with Gasteiger partial charge >= 0.3 is 0 Å². The maximum absolute atomic E-state index is 5.41. The molecule has 6 heteroatoms. The molecule has 0 amide bonds. The minimum atomic E-state index is 0.610. The lowest BCUT2D eigenvalue weighted by Gasteiger charge is -2.23. The summed E-state index contributed by atoms with van der Waals surface area (Å²) in [5, 5.41) is 3.41. The molecular formula is C12H22N6. The average Bonchev–Trinajstić information content (AvgIpc) is 2.85. The van der Waals surface area contributed by atoms with Crippen LogP contribution in [0, 0.1) is 6.92 Å². The van der Waals surface area contributed by atoms with Crippen molar-refractivity contribution in [2.75, 3.05) is 30.4 Å². The summed E-state index contributed by atoms with van der Waals surface area (Å²) in [5.74, 6) is 6.94. The zero-order valence-corrected chi connectivity index (χ0v) is 11.1. The van der Waals surface area contributed by atoms with Gasteiger partial charge in [-0.1, -0.05) is 6.92 Å². The second-order valence-corrected chi connectivity index (χ2v) is 4.65. The summed E-state index contributed by atoms with van der Waals surface area (Å²) in [6.07, 6.45) is 4.07. The SMILES string of the molecule is CCN1CCCC1CNc1ncnc(NN)c1C. The van der Waals surface area contributed by atoms with Crippen molar-refractivity contribution in [3.8, 4) is 0 Å². The maximum Gasteiger partial charge on any atom is 0.148 e. The van der Waals surface area contributed by atoms with Gasteiger partial charge < -0.3 is 10.7 Å². The molecule has 4 N–H and O–H groups in total. The molecule has 1 aliphatic rings. The zero-order valence-electron chi connectivity index (χ0n) is 11.1. The summed E-state index contributed by atoms with van der Waals surface area (Å²) in [5.41, 5.74) is 3.54. The Hall–Kier alpha value is -1.40. The monoisotopic (exact) mass is 250 g/mol. The predicted octanol–water partition coefficient (Wildman–Crippen LogP) is 0.967. The van der Waals surface area contributed by atoms with E-state index in [9.17, 15) is 0 Å². The molecule has 100 valence electrons. The van der Waals surface area contributed by atoms with Crippen molar-refractivity contribution in [3.05, 3.63) is 11.9 Å². The van der Waals surface area contributed by atoms with Crippen LogP contribution in [-0.4, -0.2) is 40.5 Å². The van der Waals surface area contributed by atoms with Gasteiger partial charge in [-0.3, -0.25) is 4.90 Å². The molecule has 2 rings (SSSR count). The van der Waals surface area contributed by atoms with E-state index in [1.165, 1.54) is 25.7 Å². The lowest BCUT2D eigenvalue weighted by molar-refractivity contribution is 0.277. The van der Waals surface area contributed by atoms with Crippen LogP contribution >= 0.6 is 0 Å². The quantitative estimate of drug-likeness (QED) is 0.534.